The number of nitrogens with zero attached hydrogens (tertiary/aromatic N) is 1. The number of carbonyl (C=O) groups excluding carboxylic acids is 2. The van der Waals surface area contributed by atoms with E-state index < -0.39 is 0 Å². The lowest BCUT2D eigenvalue weighted by atomic mass is 10.0. The Hall–Kier alpha value is -2.62. The maximum absolute atomic E-state index is 12.4. The van der Waals surface area contributed by atoms with Gasteiger partial charge in [-0.1, -0.05) is 54.1 Å². The number of aryl methyl sites for hydroxylation is 3. The first-order chi connectivity index (χ1) is 14.0. The lowest BCUT2D eigenvalue weighted by Crippen LogP contribution is -2.26. The fraction of sp³-hybridized carbons (Fsp3) is 0.440. The standard InChI is InChI=1S/C25H34N2O2/c1-20-11-13-22(14-12-20)8-6-10-25(29)27(3)19-23-17-15-21(16-18-23)7-4-5-9-24(28)26-2/h11-18H,4-10,19H2,1-3H3,(H,26,28). The summed E-state index contributed by atoms with van der Waals surface area (Å²) in [6.07, 6.45) is 5.87. The Morgan fingerprint density at radius 1 is 0.793 bits per heavy atom. The molecule has 0 saturated carbocycles. The SMILES string of the molecule is CNC(=O)CCCCc1ccc(CN(C)C(=O)CCCc2ccc(C)cc2)cc1. The largest absolute Gasteiger partial charge is 0.359 e. The third kappa shape index (κ3) is 8.51. The van der Waals surface area contributed by atoms with Crippen molar-refractivity contribution in [3.63, 3.8) is 0 Å². The molecule has 2 rings (SSSR count). The van der Waals surface area contributed by atoms with Crippen molar-refractivity contribution in [2.24, 2.45) is 0 Å². The molecule has 2 aromatic carbocycles. The van der Waals surface area contributed by atoms with Crippen LogP contribution in [0.2, 0.25) is 0 Å². The molecule has 0 bridgehead atoms. The molecule has 0 fully saturated rings. The van der Waals surface area contributed by atoms with Gasteiger partial charge in [0.25, 0.3) is 0 Å². The maximum atomic E-state index is 12.4. The van der Waals surface area contributed by atoms with E-state index in [4.69, 9.17) is 0 Å². The maximum Gasteiger partial charge on any atom is 0.222 e. The summed E-state index contributed by atoms with van der Waals surface area (Å²) >= 11 is 0. The molecule has 156 valence electrons. The molecule has 0 spiro atoms. The molecule has 0 aromatic heterocycles. The van der Waals surface area contributed by atoms with Gasteiger partial charge in [0.1, 0.15) is 0 Å². The highest BCUT2D eigenvalue weighted by Gasteiger charge is 2.09. The molecule has 0 heterocycles. The van der Waals surface area contributed by atoms with Gasteiger partial charge >= 0.3 is 0 Å². The molecule has 1 N–H and O–H groups in total. The van der Waals surface area contributed by atoms with E-state index in [0.29, 0.717) is 19.4 Å². The van der Waals surface area contributed by atoms with E-state index >= 15 is 0 Å². The van der Waals surface area contributed by atoms with Crippen LogP contribution in [0.15, 0.2) is 48.5 Å². The van der Waals surface area contributed by atoms with Crippen molar-refractivity contribution < 1.29 is 9.59 Å². The van der Waals surface area contributed by atoms with Crippen molar-refractivity contribution in [3.8, 4) is 0 Å². The van der Waals surface area contributed by atoms with Crippen LogP contribution in [0.4, 0.5) is 0 Å². The van der Waals surface area contributed by atoms with Gasteiger partial charge in [0.05, 0.1) is 0 Å². The molecular weight excluding hydrogens is 360 g/mol. The van der Waals surface area contributed by atoms with Crippen LogP contribution in [0.5, 0.6) is 0 Å². The highest BCUT2D eigenvalue weighted by molar-refractivity contribution is 5.76. The van der Waals surface area contributed by atoms with E-state index in [2.05, 4.69) is 60.8 Å². The van der Waals surface area contributed by atoms with Crippen LogP contribution in [-0.2, 0) is 29.0 Å². The molecule has 0 radical (unpaired) electrons. The van der Waals surface area contributed by atoms with Crippen LogP contribution in [0.3, 0.4) is 0 Å². The fourth-order valence-corrected chi connectivity index (χ4v) is 3.30. The second-order valence-corrected chi connectivity index (χ2v) is 7.79. The number of unbranched alkanes of at least 4 members (excludes halogenated alkanes) is 1. The number of hydrogen-bond donors (Lipinski definition) is 1. The second-order valence-electron chi connectivity index (χ2n) is 7.79. The minimum absolute atomic E-state index is 0.104. The van der Waals surface area contributed by atoms with Gasteiger partial charge in [-0.25, -0.2) is 0 Å². The zero-order valence-electron chi connectivity index (χ0n) is 18.0. The first-order valence-corrected chi connectivity index (χ1v) is 10.6. The number of hydrogen-bond acceptors (Lipinski definition) is 2. The van der Waals surface area contributed by atoms with Crippen molar-refractivity contribution in [3.05, 3.63) is 70.8 Å². The minimum Gasteiger partial charge on any atom is -0.359 e. The Morgan fingerprint density at radius 2 is 1.34 bits per heavy atom. The molecule has 4 nitrogen and oxygen atoms in total. The summed E-state index contributed by atoms with van der Waals surface area (Å²) in [6.45, 7) is 2.72. The highest BCUT2D eigenvalue weighted by Crippen LogP contribution is 2.12. The van der Waals surface area contributed by atoms with Crippen LogP contribution in [0.25, 0.3) is 0 Å². The fourth-order valence-electron chi connectivity index (χ4n) is 3.30. The van der Waals surface area contributed by atoms with Gasteiger partial charge in [-0.15, -0.1) is 0 Å². The topological polar surface area (TPSA) is 49.4 Å². The molecule has 0 atom stereocenters. The van der Waals surface area contributed by atoms with Crippen LogP contribution in [0, 0.1) is 6.92 Å². The Bertz CT molecular complexity index is 766. The predicted molar refractivity (Wildman–Crippen MR) is 119 cm³/mol. The quantitative estimate of drug-likeness (QED) is 0.573. The average Bonchev–Trinajstić information content (AvgIpc) is 2.73. The zero-order valence-corrected chi connectivity index (χ0v) is 18.0. The van der Waals surface area contributed by atoms with Gasteiger partial charge in [-0.05, 0) is 55.7 Å². The first kappa shape index (κ1) is 22.7. The van der Waals surface area contributed by atoms with Crippen molar-refractivity contribution in [2.45, 2.75) is 58.4 Å². The second kappa shape index (κ2) is 12.1. The van der Waals surface area contributed by atoms with E-state index in [0.717, 1.165) is 37.7 Å². The van der Waals surface area contributed by atoms with Crippen LogP contribution in [0.1, 0.15) is 54.4 Å². The number of carbonyl (C=O) groups is 2. The van der Waals surface area contributed by atoms with Gasteiger partial charge in [-0.2, -0.15) is 0 Å². The third-order valence-electron chi connectivity index (χ3n) is 5.24. The van der Waals surface area contributed by atoms with Crippen molar-refractivity contribution in [1.82, 2.24) is 10.2 Å². The molecule has 0 aliphatic rings. The number of rotatable bonds is 11. The summed E-state index contributed by atoms with van der Waals surface area (Å²) in [4.78, 5) is 25.5. The van der Waals surface area contributed by atoms with Gasteiger partial charge in [-0.3, -0.25) is 9.59 Å². The molecule has 0 aliphatic heterocycles. The first-order valence-electron chi connectivity index (χ1n) is 10.6. The number of amides is 2. The summed E-state index contributed by atoms with van der Waals surface area (Å²) in [5.41, 5.74) is 4.97. The minimum atomic E-state index is 0.104. The van der Waals surface area contributed by atoms with Gasteiger partial charge in [0, 0.05) is 33.5 Å². The predicted octanol–water partition coefficient (Wildman–Crippen LogP) is 4.44. The summed E-state index contributed by atoms with van der Waals surface area (Å²) in [5.74, 6) is 0.294. The third-order valence-corrected chi connectivity index (χ3v) is 5.24. The summed E-state index contributed by atoms with van der Waals surface area (Å²) < 4.78 is 0. The van der Waals surface area contributed by atoms with Crippen molar-refractivity contribution in [1.29, 1.82) is 0 Å². The van der Waals surface area contributed by atoms with Crippen LogP contribution < -0.4 is 5.32 Å². The van der Waals surface area contributed by atoms with E-state index in [9.17, 15) is 9.59 Å². The summed E-state index contributed by atoms with van der Waals surface area (Å²) in [5, 5.41) is 2.65. The molecular formula is C25H34N2O2. The Labute approximate surface area is 175 Å². The summed E-state index contributed by atoms with van der Waals surface area (Å²) in [6, 6.07) is 17.0. The van der Waals surface area contributed by atoms with Crippen LogP contribution >= 0.6 is 0 Å². The monoisotopic (exact) mass is 394 g/mol. The molecule has 0 unspecified atom stereocenters. The molecule has 2 amide bonds. The number of nitrogens with one attached hydrogen (secondary N) is 1. The Balaban J connectivity index is 1.69. The van der Waals surface area contributed by atoms with Gasteiger partial charge < -0.3 is 10.2 Å². The lowest BCUT2D eigenvalue weighted by molar-refractivity contribution is -0.130. The normalized spacial score (nSPS) is 10.6. The van der Waals surface area contributed by atoms with Crippen molar-refractivity contribution in [2.75, 3.05) is 14.1 Å². The van der Waals surface area contributed by atoms with Gasteiger partial charge in [0.2, 0.25) is 11.8 Å². The molecule has 0 aliphatic carbocycles. The summed E-state index contributed by atoms with van der Waals surface area (Å²) in [7, 11) is 3.55. The zero-order chi connectivity index (χ0) is 21.1. The van der Waals surface area contributed by atoms with Crippen molar-refractivity contribution >= 4 is 11.8 Å². The van der Waals surface area contributed by atoms with E-state index in [1.807, 2.05) is 11.9 Å². The average molecular weight is 395 g/mol. The Kier molecular flexibility index (Phi) is 9.42. The van der Waals surface area contributed by atoms with E-state index in [1.165, 1.54) is 16.7 Å². The highest BCUT2D eigenvalue weighted by atomic mass is 16.2. The van der Waals surface area contributed by atoms with E-state index in [-0.39, 0.29) is 11.8 Å². The Morgan fingerprint density at radius 3 is 1.97 bits per heavy atom. The number of benzene rings is 2. The molecule has 4 heteroatoms. The smallest absolute Gasteiger partial charge is 0.222 e. The molecule has 29 heavy (non-hydrogen) atoms. The van der Waals surface area contributed by atoms with E-state index in [1.54, 1.807) is 7.05 Å². The van der Waals surface area contributed by atoms with Crippen LogP contribution in [-0.4, -0.2) is 30.8 Å². The molecule has 0 saturated heterocycles. The molecule has 2 aromatic rings. The lowest BCUT2D eigenvalue weighted by Gasteiger charge is -2.17. The van der Waals surface area contributed by atoms with Gasteiger partial charge in [0.15, 0.2) is 0 Å².